The van der Waals surface area contributed by atoms with Crippen LogP contribution in [0.25, 0.3) is 10.9 Å². The van der Waals surface area contributed by atoms with Gasteiger partial charge in [-0.1, -0.05) is 18.2 Å². The summed E-state index contributed by atoms with van der Waals surface area (Å²) in [6.45, 7) is 7.54. The molecule has 0 saturated heterocycles. The van der Waals surface area contributed by atoms with E-state index in [0.29, 0.717) is 0 Å². The van der Waals surface area contributed by atoms with Crippen molar-refractivity contribution in [1.82, 2.24) is 10.3 Å². The lowest BCUT2D eigenvalue weighted by Crippen LogP contribution is -2.31. The van der Waals surface area contributed by atoms with Crippen LogP contribution in [-0.2, 0) is 6.42 Å². The van der Waals surface area contributed by atoms with Crippen molar-refractivity contribution in [3.05, 3.63) is 63.8 Å². The highest BCUT2D eigenvalue weighted by Crippen LogP contribution is 2.38. The summed E-state index contributed by atoms with van der Waals surface area (Å²) in [4.78, 5) is 3.67. The molecule has 124 valence electrons. The molecule has 0 spiro atoms. The van der Waals surface area contributed by atoms with Crippen molar-refractivity contribution >= 4 is 10.9 Å². The van der Waals surface area contributed by atoms with Gasteiger partial charge in [-0.15, -0.1) is 0 Å². The van der Waals surface area contributed by atoms with E-state index < -0.39 is 0 Å². The molecule has 0 aliphatic carbocycles. The van der Waals surface area contributed by atoms with Crippen molar-refractivity contribution in [2.75, 3.05) is 13.7 Å². The zero-order chi connectivity index (χ0) is 16.8. The summed E-state index contributed by atoms with van der Waals surface area (Å²) >= 11 is 0. The van der Waals surface area contributed by atoms with E-state index in [4.69, 9.17) is 4.74 Å². The van der Waals surface area contributed by atoms with Gasteiger partial charge in [-0.2, -0.15) is 0 Å². The highest BCUT2D eigenvalue weighted by Gasteiger charge is 2.28. The standard InChI is InChI=1S/C21H24N2O/c1-12-11-18(24-4)13(2)14(3)19(12)21-20-16(9-10-22-21)15-7-5-6-8-17(15)23-20/h5-8,11,21-23H,9-10H2,1-4H3. The number of hydrogen-bond donors (Lipinski definition) is 2. The fourth-order valence-corrected chi connectivity index (χ4v) is 4.15. The Morgan fingerprint density at radius 1 is 1.08 bits per heavy atom. The summed E-state index contributed by atoms with van der Waals surface area (Å²) < 4.78 is 5.54. The number of rotatable bonds is 2. The van der Waals surface area contributed by atoms with Crippen LogP contribution in [0.5, 0.6) is 5.75 Å². The summed E-state index contributed by atoms with van der Waals surface area (Å²) in [6.07, 6.45) is 1.07. The van der Waals surface area contributed by atoms with Crippen LogP contribution in [0.1, 0.15) is 39.6 Å². The maximum Gasteiger partial charge on any atom is 0.122 e. The van der Waals surface area contributed by atoms with E-state index in [1.165, 1.54) is 44.4 Å². The third kappa shape index (κ3) is 2.15. The highest BCUT2D eigenvalue weighted by atomic mass is 16.5. The van der Waals surface area contributed by atoms with Crippen molar-refractivity contribution in [1.29, 1.82) is 0 Å². The maximum atomic E-state index is 5.54. The largest absolute Gasteiger partial charge is 0.496 e. The van der Waals surface area contributed by atoms with Gasteiger partial charge in [-0.05, 0) is 67.1 Å². The number of aromatic nitrogens is 1. The van der Waals surface area contributed by atoms with E-state index in [-0.39, 0.29) is 6.04 Å². The second-order valence-electron chi connectivity index (χ2n) is 6.76. The third-order valence-corrected chi connectivity index (χ3v) is 5.48. The average molecular weight is 320 g/mol. The Labute approximate surface area is 143 Å². The molecular formula is C21H24N2O. The molecule has 2 N–H and O–H groups in total. The van der Waals surface area contributed by atoms with Crippen LogP contribution < -0.4 is 10.1 Å². The summed E-state index contributed by atoms with van der Waals surface area (Å²) in [5.41, 5.74) is 9.20. The fraction of sp³-hybridized carbons (Fsp3) is 0.333. The highest BCUT2D eigenvalue weighted by molar-refractivity contribution is 5.85. The molecule has 1 atom stereocenters. The van der Waals surface area contributed by atoms with Crippen LogP contribution in [0.15, 0.2) is 30.3 Å². The number of nitrogens with one attached hydrogen (secondary N) is 2. The molecule has 3 nitrogen and oxygen atoms in total. The molecule has 0 radical (unpaired) electrons. The Hall–Kier alpha value is -2.26. The minimum absolute atomic E-state index is 0.214. The lowest BCUT2D eigenvalue weighted by Gasteiger charge is -2.28. The predicted molar refractivity (Wildman–Crippen MR) is 99.1 cm³/mol. The van der Waals surface area contributed by atoms with E-state index >= 15 is 0 Å². The normalized spacial score (nSPS) is 17.1. The van der Waals surface area contributed by atoms with Gasteiger partial charge in [0, 0.05) is 23.1 Å². The Kier molecular flexibility index (Phi) is 3.61. The molecule has 24 heavy (non-hydrogen) atoms. The van der Waals surface area contributed by atoms with Gasteiger partial charge in [0.25, 0.3) is 0 Å². The van der Waals surface area contributed by atoms with Crippen molar-refractivity contribution in [2.24, 2.45) is 0 Å². The smallest absolute Gasteiger partial charge is 0.122 e. The molecule has 4 rings (SSSR count). The first-order chi connectivity index (χ1) is 11.6. The zero-order valence-corrected chi connectivity index (χ0v) is 14.8. The topological polar surface area (TPSA) is 37.0 Å². The van der Waals surface area contributed by atoms with Gasteiger partial charge in [-0.3, -0.25) is 0 Å². The number of benzene rings is 2. The molecule has 2 heterocycles. The first-order valence-corrected chi connectivity index (χ1v) is 8.59. The Morgan fingerprint density at radius 2 is 1.88 bits per heavy atom. The van der Waals surface area contributed by atoms with Gasteiger partial charge in [-0.25, -0.2) is 0 Å². The predicted octanol–water partition coefficient (Wildman–Crippen LogP) is 4.34. The minimum atomic E-state index is 0.214. The maximum absolute atomic E-state index is 5.54. The number of H-pyrrole nitrogens is 1. The third-order valence-electron chi connectivity index (χ3n) is 5.48. The van der Waals surface area contributed by atoms with Crippen LogP contribution in [-0.4, -0.2) is 18.6 Å². The Balaban J connectivity index is 1.93. The zero-order valence-electron chi connectivity index (χ0n) is 14.8. The van der Waals surface area contributed by atoms with Crippen LogP contribution in [0, 0.1) is 20.8 Å². The molecule has 0 amide bonds. The molecule has 3 aromatic rings. The molecular weight excluding hydrogens is 296 g/mol. The molecule has 1 aromatic heterocycles. The monoisotopic (exact) mass is 320 g/mol. The van der Waals surface area contributed by atoms with Crippen molar-refractivity contribution < 1.29 is 4.74 Å². The second kappa shape index (κ2) is 5.67. The van der Waals surface area contributed by atoms with Gasteiger partial charge in [0.15, 0.2) is 0 Å². The SMILES string of the molecule is COc1cc(C)c(C2NCCc3c2[nH]c2ccccc32)c(C)c1C. The Morgan fingerprint density at radius 3 is 2.67 bits per heavy atom. The quantitative estimate of drug-likeness (QED) is 0.737. The van der Waals surface area contributed by atoms with E-state index in [1.807, 2.05) is 0 Å². The molecule has 2 aromatic carbocycles. The first-order valence-electron chi connectivity index (χ1n) is 8.59. The van der Waals surface area contributed by atoms with E-state index in [9.17, 15) is 0 Å². The number of aromatic amines is 1. The van der Waals surface area contributed by atoms with Crippen LogP contribution in [0.4, 0.5) is 0 Å². The molecule has 1 unspecified atom stereocenters. The first kappa shape index (κ1) is 15.3. The number of methoxy groups -OCH3 is 1. The summed E-state index contributed by atoms with van der Waals surface area (Å²) in [7, 11) is 1.75. The van der Waals surface area contributed by atoms with E-state index in [2.05, 4.69) is 61.4 Å². The summed E-state index contributed by atoms with van der Waals surface area (Å²) in [6, 6.07) is 11.0. The van der Waals surface area contributed by atoms with Gasteiger partial charge < -0.3 is 15.0 Å². The van der Waals surface area contributed by atoms with Gasteiger partial charge in [0.2, 0.25) is 0 Å². The second-order valence-corrected chi connectivity index (χ2v) is 6.76. The number of ether oxygens (including phenoxy) is 1. The number of para-hydroxylation sites is 1. The lowest BCUT2D eigenvalue weighted by molar-refractivity contribution is 0.410. The number of hydrogen-bond acceptors (Lipinski definition) is 2. The molecule has 1 aliphatic heterocycles. The molecule has 0 saturated carbocycles. The van der Waals surface area contributed by atoms with Crippen LogP contribution in [0.3, 0.4) is 0 Å². The summed E-state index contributed by atoms with van der Waals surface area (Å²) in [5, 5.41) is 5.09. The molecule has 0 bridgehead atoms. The average Bonchev–Trinajstić information content (AvgIpc) is 2.98. The molecule has 1 aliphatic rings. The van der Waals surface area contributed by atoms with Gasteiger partial charge in [0.05, 0.1) is 13.2 Å². The number of fused-ring (bicyclic) bond motifs is 3. The Bertz CT molecular complexity index is 923. The van der Waals surface area contributed by atoms with Gasteiger partial charge >= 0.3 is 0 Å². The van der Waals surface area contributed by atoms with Gasteiger partial charge in [0.1, 0.15) is 5.75 Å². The van der Waals surface area contributed by atoms with Crippen LogP contribution >= 0.6 is 0 Å². The molecule has 3 heteroatoms. The van der Waals surface area contributed by atoms with Crippen LogP contribution in [0.2, 0.25) is 0 Å². The lowest BCUT2D eigenvalue weighted by atomic mass is 9.87. The fourth-order valence-electron chi connectivity index (χ4n) is 4.15. The van der Waals surface area contributed by atoms with Crippen molar-refractivity contribution in [2.45, 2.75) is 33.2 Å². The summed E-state index contributed by atoms with van der Waals surface area (Å²) in [5.74, 6) is 0.974. The van der Waals surface area contributed by atoms with Crippen molar-refractivity contribution in [3.8, 4) is 5.75 Å². The van der Waals surface area contributed by atoms with E-state index in [1.54, 1.807) is 7.11 Å². The minimum Gasteiger partial charge on any atom is -0.496 e. The number of aryl methyl sites for hydroxylation is 1. The van der Waals surface area contributed by atoms with E-state index in [0.717, 1.165) is 18.7 Å². The molecule has 0 fully saturated rings. The van der Waals surface area contributed by atoms with Crippen molar-refractivity contribution in [3.63, 3.8) is 0 Å².